The van der Waals surface area contributed by atoms with Gasteiger partial charge in [-0.25, -0.2) is 0 Å². The van der Waals surface area contributed by atoms with Crippen LogP contribution in [0.15, 0.2) is 60.8 Å². The van der Waals surface area contributed by atoms with Gasteiger partial charge in [0.05, 0.1) is 0 Å². The maximum atomic E-state index is 11.0. The smallest absolute Gasteiger partial charge is 0.145 e. The summed E-state index contributed by atoms with van der Waals surface area (Å²) in [7, 11) is 0. The van der Waals surface area contributed by atoms with Gasteiger partial charge in [-0.3, -0.25) is 4.98 Å². The number of hydrogen-bond donors (Lipinski definition) is 1. The van der Waals surface area contributed by atoms with E-state index in [1.54, 1.807) is 6.20 Å². The van der Waals surface area contributed by atoms with Gasteiger partial charge >= 0.3 is 0 Å². The lowest BCUT2D eigenvalue weighted by Gasteiger charge is -2.20. The molecule has 1 heterocycles. The largest absolute Gasteiger partial charge is 0.505 e. The molecule has 1 N–H and O–H groups in total. The van der Waals surface area contributed by atoms with Crippen molar-refractivity contribution < 1.29 is 5.11 Å². The third-order valence-corrected chi connectivity index (χ3v) is 6.20. The van der Waals surface area contributed by atoms with E-state index < -0.39 is 0 Å². The molecule has 0 fully saturated rings. The Balaban J connectivity index is 1.58. The molecule has 0 aliphatic carbocycles. The molecule has 0 amide bonds. The number of fused-ring (bicyclic) bond motifs is 1. The molecular weight excluding hydrogens is 366 g/mol. The lowest BCUT2D eigenvalue weighted by Crippen LogP contribution is -2.02. The molecule has 30 heavy (non-hydrogen) atoms. The fourth-order valence-electron chi connectivity index (χ4n) is 4.45. The Morgan fingerprint density at radius 1 is 0.733 bits per heavy atom. The van der Waals surface area contributed by atoms with Crippen molar-refractivity contribution in [3.63, 3.8) is 0 Å². The van der Waals surface area contributed by atoms with Crippen molar-refractivity contribution in [3.05, 3.63) is 71.9 Å². The number of aromatic hydroxyl groups is 1. The summed E-state index contributed by atoms with van der Waals surface area (Å²) in [6.07, 6.45) is 16.2. The molecule has 1 unspecified atom stereocenters. The minimum Gasteiger partial charge on any atom is -0.505 e. The lowest BCUT2D eigenvalue weighted by atomic mass is 9.85. The minimum absolute atomic E-state index is 0.214. The molecule has 0 aliphatic rings. The molecule has 0 bridgehead atoms. The first-order valence-corrected chi connectivity index (χ1v) is 11.9. The average Bonchev–Trinajstić information content (AvgIpc) is 2.79. The van der Waals surface area contributed by atoms with E-state index in [1.165, 1.54) is 69.8 Å². The van der Waals surface area contributed by atoms with E-state index in [2.05, 4.69) is 54.4 Å². The molecule has 0 spiro atoms. The standard InChI is InChI=1S/C28H37NO/c1-2-3-4-5-6-7-8-9-10-14-19-25(23-16-12-11-13-17-23)26-21-20-24-18-15-22-29-27(24)28(26)30/h11-13,15-18,20-22,25,30H,2-10,14,19H2,1H3. The Bertz CT molecular complexity index is 874. The number of nitrogens with zero attached hydrogens (tertiary/aromatic N) is 1. The van der Waals surface area contributed by atoms with Gasteiger partial charge in [0, 0.05) is 23.1 Å². The van der Waals surface area contributed by atoms with E-state index in [9.17, 15) is 5.11 Å². The zero-order valence-electron chi connectivity index (χ0n) is 18.5. The van der Waals surface area contributed by atoms with Gasteiger partial charge in [-0.1, -0.05) is 120 Å². The fraction of sp³-hybridized carbons (Fsp3) is 0.464. The highest BCUT2D eigenvalue weighted by Gasteiger charge is 2.19. The van der Waals surface area contributed by atoms with Crippen molar-refractivity contribution in [1.29, 1.82) is 0 Å². The van der Waals surface area contributed by atoms with Crippen molar-refractivity contribution in [2.75, 3.05) is 0 Å². The third kappa shape index (κ3) is 6.32. The van der Waals surface area contributed by atoms with Crippen LogP contribution >= 0.6 is 0 Å². The number of benzene rings is 2. The molecular formula is C28H37NO. The SMILES string of the molecule is CCCCCCCCCCCCC(c1ccccc1)c1ccc2cccnc2c1O. The molecule has 1 atom stereocenters. The van der Waals surface area contributed by atoms with Gasteiger partial charge < -0.3 is 5.11 Å². The molecule has 3 rings (SSSR count). The highest BCUT2D eigenvalue weighted by Crippen LogP contribution is 2.38. The normalized spacial score (nSPS) is 12.3. The summed E-state index contributed by atoms with van der Waals surface area (Å²) in [6, 6.07) is 18.7. The van der Waals surface area contributed by atoms with E-state index in [-0.39, 0.29) is 5.92 Å². The maximum Gasteiger partial charge on any atom is 0.145 e. The van der Waals surface area contributed by atoms with Crippen LogP contribution in [0.3, 0.4) is 0 Å². The van der Waals surface area contributed by atoms with Crippen LogP contribution in [0, 0.1) is 0 Å². The molecule has 2 nitrogen and oxygen atoms in total. The quantitative estimate of drug-likeness (QED) is 0.291. The molecule has 1 aromatic heterocycles. The van der Waals surface area contributed by atoms with Crippen LogP contribution in [0.2, 0.25) is 0 Å². The third-order valence-electron chi connectivity index (χ3n) is 6.20. The van der Waals surface area contributed by atoms with Crippen LogP contribution in [0.1, 0.15) is 94.6 Å². The highest BCUT2D eigenvalue weighted by molar-refractivity contribution is 5.85. The van der Waals surface area contributed by atoms with Gasteiger partial charge in [0.25, 0.3) is 0 Å². The molecule has 160 valence electrons. The molecule has 3 aromatic rings. The first kappa shape index (κ1) is 22.3. The topological polar surface area (TPSA) is 33.1 Å². The van der Waals surface area contributed by atoms with Crippen molar-refractivity contribution in [1.82, 2.24) is 4.98 Å². The Morgan fingerprint density at radius 3 is 2.10 bits per heavy atom. The van der Waals surface area contributed by atoms with Gasteiger partial charge in [0.2, 0.25) is 0 Å². The van der Waals surface area contributed by atoms with Gasteiger partial charge in [0.1, 0.15) is 11.3 Å². The summed E-state index contributed by atoms with van der Waals surface area (Å²) >= 11 is 0. The van der Waals surface area contributed by atoms with Crippen molar-refractivity contribution in [2.45, 2.75) is 83.5 Å². The van der Waals surface area contributed by atoms with Gasteiger partial charge in [-0.2, -0.15) is 0 Å². The van der Waals surface area contributed by atoms with Crippen LogP contribution < -0.4 is 0 Å². The second-order valence-corrected chi connectivity index (χ2v) is 8.51. The number of pyridine rings is 1. The van der Waals surface area contributed by atoms with E-state index in [0.29, 0.717) is 11.3 Å². The first-order chi connectivity index (χ1) is 14.8. The van der Waals surface area contributed by atoms with Crippen LogP contribution in [0.5, 0.6) is 5.75 Å². The van der Waals surface area contributed by atoms with Gasteiger partial charge in [-0.05, 0) is 18.1 Å². The summed E-state index contributed by atoms with van der Waals surface area (Å²) in [5.74, 6) is 0.556. The zero-order valence-corrected chi connectivity index (χ0v) is 18.5. The monoisotopic (exact) mass is 403 g/mol. The Morgan fingerprint density at radius 2 is 1.40 bits per heavy atom. The van der Waals surface area contributed by atoms with Gasteiger partial charge in [-0.15, -0.1) is 0 Å². The second-order valence-electron chi connectivity index (χ2n) is 8.51. The number of hydrogen-bond acceptors (Lipinski definition) is 2. The van der Waals surface area contributed by atoms with Crippen LogP contribution in [0.25, 0.3) is 10.9 Å². The Hall–Kier alpha value is -2.35. The highest BCUT2D eigenvalue weighted by atomic mass is 16.3. The summed E-state index contributed by atoms with van der Waals surface area (Å²) in [4.78, 5) is 4.42. The second kappa shape index (κ2) is 12.4. The first-order valence-electron chi connectivity index (χ1n) is 11.9. The van der Waals surface area contributed by atoms with Gasteiger partial charge in [0.15, 0.2) is 0 Å². The average molecular weight is 404 g/mol. The minimum atomic E-state index is 0.214. The number of phenols is 1. The summed E-state index contributed by atoms with van der Waals surface area (Å²) < 4.78 is 0. The number of aromatic nitrogens is 1. The predicted molar refractivity (Wildman–Crippen MR) is 128 cm³/mol. The molecule has 2 heteroatoms. The maximum absolute atomic E-state index is 11.0. The summed E-state index contributed by atoms with van der Waals surface area (Å²) in [5.41, 5.74) is 2.99. The van der Waals surface area contributed by atoms with Crippen molar-refractivity contribution in [2.24, 2.45) is 0 Å². The van der Waals surface area contributed by atoms with Crippen molar-refractivity contribution >= 4 is 10.9 Å². The summed E-state index contributed by atoms with van der Waals surface area (Å²) in [6.45, 7) is 2.27. The Kier molecular flexibility index (Phi) is 9.21. The molecule has 0 aliphatic heterocycles. The Labute approximate surface area is 182 Å². The zero-order chi connectivity index (χ0) is 21.0. The summed E-state index contributed by atoms with van der Waals surface area (Å²) in [5, 5.41) is 12.0. The predicted octanol–water partition coefficient (Wildman–Crippen LogP) is 8.38. The molecule has 0 saturated carbocycles. The number of rotatable bonds is 13. The van der Waals surface area contributed by atoms with Crippen LogP contribution in [-0.2, 0) is 0 Å². The lowest BCUT2D eigenvalue weighted by molar-refractivity contribution is 0.465. The van der Waals surface area contributed by atoms with Crippen LogP contribution in [-0.4, -0.2) is 10.1 Å². The van der Waals surface area contributed by atoms with E-state index in [0.717, 1.165) is 17.4 Å². The molecule has 0 radical (unpaired) electrons. The fourth-order valence-corrected chi connectivity index (χ4v) is 4.45. The van der Waals surface area contributed by atoms with E-state index >= 15 is 0 Å². The van der Waals surface area contributed by atoms with Crippen LogP contribution in [0.4, 0.5) is 0 Å². The molecule has 2 aromatic carbocycles. The number of phenolic OH excluding ortho intramolecular Hbond substituents is 1. The van der Waals surface area contributed by atoms with Crippen molar-refractivity contribution in [3.8, 4) is 5.75 Å². The molecule has 0 saturated heterocycles. The van der Waals surface area contributed by atoms with E-state index in [1.807, 2.05) is 12.1 Å². The number of unbranched alkanes of at least 4 members (excludes halogenated alkanes) is 9. The van der Waals surface area contributed by atoms with E-state index in [4.69, 9.17) is 0 Å².